The molecular formula is C19H25ClN4O2. The number of nitrogens with two attached hydrogens (primary N) is 1. The summed E-state index contributed by atoms with van der Waals surface area (Å²) in [6.07, 6.45) is 1.72. The Hall–Kier alpha value is -2.57. The highest BCUT2D eigenvalue weighted by Gasteiger charge is 2.10. The smallest absolute Gasteiger partial charge is 0.323 e. The van der Waals surface area contributed by atoms with Crippen molar-refractivity contribution in [1.82, 2.24) is 5.32 Å². The average molecular weight is 377 g/mol. The molecule has 0 spiro atoms. The van der Waals surface area contributed by atoms with Crippen LogP contribution in [0.5, 0.6) is 0 Å². The minimum Gasteiger partial charge on any atom is -0.352 e. The van der Waals surface area contributed by atoms with Gasteiger partial charge in [-0.05, 0) is 56.1 Å². The zero-order valence-electron chi connectivity index (χ0n) is 14.7. The lowest BCUT2D eigenvalue weighted by Gasteiger charge is -2.12. The summed E-state index contributed by atoms with van der Waals surface area (Å²) >= 11 is 0. The second-order valence-electron chi connectivity index (χ2n) is 5.73. The molecule has 0 aliphatic rings. The molecule has 7 heteroatoms. The highest BCUT2D eigenvalue weighted by molar-refractivity contribution is 6.02. The lowest BCUT2D eigenvalue weighted by Crippen LogP contribution is -2.25. The van der Waals surface area contributed by atoms with Gasteiger partial charge in [-0.3, -0.25) is 4.79 Å². The van der Waals surface area contributed by atoms with Crippen molar-refractivity contribution in [3.63, 3.8) is 0 Å². The second-order valence-corrected chi connectivity index (χ2v) is 5.73. The summed E-state index contributed by atoms with van der Waals surface area (Å²) in [6.45, 7) is 3.08. The molecule has 0 atom stereocenters. The molecule has 0 saturated heterocycles. The number of para-hydroxylation sites is 1. The number of rotatable bonds is 7. The molecule has 0 saturated carbocycles. The highest BCUT2D eigenvalue weighted by atomic mass is 35.5. The van der Waals surface area contributed by atoms with E-state index in [1.165, 1.54) is 0 Å². The van der Waals surface area contributed by atoms with E-state index in [9.17, 15) is 9.59 Å². The maximum absolute atomic E-state index is 12.2. The van der Waals surface area contributed by atoms with Crippen LogP contribution in [0.3, 0.4) is 0 Å². The van der Waals surface area contributed by atoms with Crippen LogP contribution in [-0.4, -0.2) is 25.0 Å². The third kappa shape index (κ3) is 6.74. The molecule has 0 unspecified atom stereocenters. The number of hydrogen-bond acceptors (Lipinski definition) is 3. The Kier molecular flexibility index (Phi) is 9.19. The van der Waals surface area contributed by atoms with Crippen molar-refractivity contribution in [3.05, 3.63) is 59.7 Å². The number of unbranched alkanes of at least 4 members (excludes halogenated alkanes) is 1. The number of hydrogen-bond donors (Lipinski definition) is 4. The van der Waals surface area contributed by atoms with E-state index in [0.717, 1.165) is 18.4 Å². The molecule has 0 fully saturated rings. The van der Waals surface area contributed by atoms with Crippen LogP contribution in [0.15, 0.2) is 48.5 Å². The molecule has 140 valence electrons. The number of amides is 3. The lowest BCUT2D eigenvalue weighted by molar-refractivity contribution is 0.0953. The molecule has 2 rings (SSSR count). The molecule has 0 radical (unpaired) electrons. The number of benzene rings is 2. The van der Waals surface area contributed by atoms with Crippen molar-refractivity contribution in [3.8, 4) is 0 Å². The van der Waals surface area contributed by atoms with Gasteiger partial charge < -0.3 is 21.7 Å². The van der Waals surface area contributed by atoms with E-state index < -0.39 is 0 Å². The first-order chi connectivity index (χ1) is 12.1. The van der Waals surface area contributed by atoms with E-state index in [1.807, 2.05) is 31.2 Å². The van der Waals surface area contributed by atoms with Gasteiger partial charge in [0.2, 0.25) is 0 Å². The van der Waals surface area contributed by atoms with E-state index in [-0.39, 0.29) is 24.3 Å². The van der Waals surface area contributed by atoms with Gasteiger partial charge >= 0.3 is 6.03 Å². The third-order valence-corrected chi connectivity index (χ3v) is 3.70. The van der Waals surface area contributed by atoms with Gasteiger partial charge in [-0.2, -0.15) is 0 Å². The third-order valence-electron chi connectivity index (χ3n) is 3.70. The monoisotopic (exact) mass is 376 g/mol. The van der Waals surface area contributed by atoms with E-state index in [2.05, 4.69) is 16.0 Å². The van der Waals surface area contributed by atoms with Crippen LogP contribution in [0.4, 0.5) is 16.2 Å². The molecule has 0 heterocycles. The van der Waals surface area contributed by atoms with Crippen LogP contribution in [0, 0.1) is 6.92 Å². The maximum atomic E-state index is 12.2. The number of halogens is 1. The summed E-state index contributed by atoms with van der Waals surface area (Å²) in [5, 5.41) is 8.39. The quantitative estimate of drug-likeness (QED) is 0.556. The number of carbonyl (C=O) groups is 2. The predicted molar refractivity (Wildman–Crippen MR) is 108 cm³/mol. The summed E-state index contributed by atoms with van der Waals surface area (Å²) in [7, 11) is 0. The Balaban J connectivity index is 0.00000338. The predicted octanol–water partition coefficient (Wildman–Crippen LogP) is 3.53. The summed E-state index contributed by atoms with van der Waals surface area (Å²) in [4.78, 5) is 24.3. The largest absolute Gasteiger partial charge is 0.352 e. The molecule has 26 heavy (non-hydrogen) atoms. The summed E-state index contributed by atoms with van der Waals surface area (Å²) in [5.41, 5.74) is 8.12. The van der Waals surface area contributed by atoms with Crippen LogP contribution in [0.1, 0.15) is 28.8 Å². The van der Waals surface area contributed by atoms with Crippen molar-refractivity contribution >= 4 is 35.7 Å². The maximum Gasteiger partial charge on any atom is 0.323 e. The molecular weight excluding hydrogens is 352 g/mol. The average Bonchev–Trinajstić information content (AvgIpc) is 2.61. The van der Waals surface area contributed by atoms with E-state index in [1.54, 1.807) is 24.3 Å². The minimum atomic E-state index is -0.352. The molecule has 0 bridgehead atoms. The van der Waals surface area contributed by atoms with Crippen molar-refractivity contribution in [2.75, 3.05) is 23.7 Å². The highest BCUT2D eigenvalue weighted by Crippen LogP contribution is 2.17. The Morgan fingerprint density at radius 3 is 2.42 bits per heavy atom. The normalized spacial score (nSPS) is 9.77. The fourth-order valence-corrected chi connectivity index (χ4v) is 2.28. The first-order valence-corrected chi connectivity index (χ1v) is 8.32. The number of aryl methyl sites for hydroxylation is 1. The Labute approximate surface area is 160 Å². The topological polar surface area (TPSA) is 96.2 Å². The fraction of sp³-hybridized carbons (Fsp3) is 0.263. The van der Waals surface area contributed by atoms with Crippen molar-refractivity contribution in [1.29, 1.82) is 0 Å². The fourth-order valence-electron chi connectivity index (χ4n) is 2.28. The number of nitrogens with one attached hydrogen (secondary N) is 3. The lowest BCUT2D eigenvalue weighted by atomic mass is 10.1. The van der Waals surface area contributed by atoms with Gasteiger partial charge in [-0.25, -0.2) is 4.79 Å². The van der Waals surface area contributed by atoms with E-state index in [4.69, 9.17) is 5.73 Å². The summed E-state index contributed by atoms with van der Waals surface area (Å²) < 4.78 is 0. The molecule has 0 aromatic heterocycles. The number of carbonyl (C=O) groups excluding carboxylic acids is 2. The minimum absolute atomic E-state index is 0. The van der Waals surface area contributed by atoms with Crippen molar-refractivity contribution < 1.29 is 9.59 Å². The molecule has 2 aromatic carbocycles. The van der Waals surface area contributed by atoms with Crippen molar-refractivity contribution in [2.45, 2.75) is 19.8 Å². The Morgan fingerprint density at radius 2 is 1.73 bits per heavy atom. The van der Waals surface area contributed by atoms with Crippen LogP contribution in [-0.2, 0) is 0 Å². The molecule has 2 aromatic rings. The summed E-state index contributed by atoms with van der Waals surface area (Å²) in [5.74, 6) is -0.163. The van der Waals surface area contributed by atoms with Gasteiger partial charge in [-0.1, -0.05) is 24.3 Å². The van der Waals surface area contributed by atoms with Gasteiger partial charge in [0, 0.05) is 23.5 Å². The van der Waals surface area contributed by atoms with Crippen molar-refractivity contribution in [2.24, 2.45) is 5.73 Å². The van der Waals surface area contributed by atoms with Crippen LogP contribution in [0.2, 0.25) is 0 Å². The summed E-state index contributed by atoms with van der Waals surface area (Å²) in [6, 6.07) is 14.1. The first kappa shape index (κ1) is 21.5. The molecule has 5 N–H and O–H groups in total. The van der Waals surface area contributed by atoms with Gasteiger partial charge in [0.05, 0.1) is 0 Å². The number of urea groups is 1. The standard InChI is InChI=1S/C19H24N4O2.ClH/c1-14-9-10-15(18(24)21-12-6-5-11-20)13-17(14)23-19(25)22-16-7-3-2-4-8-16;/h2-4,7-10,13H,5-6,11-12,20H2,1H3,(H,21,24)(H2,22,23,25);1H. The Morgan fingerprint density at radius 1 is 1.00 bits per heavy atom. The second kappa shape index (κ2) is 11.1. The van der Waals surface area contributed by atoms with E-state index >= 15 is 0 Å². The van der Waals surface area contributed by atoms with Gasteiger partial charge in [0.1, 0.15) is 0 Å². The SMILES string of the molecule is Cc1ccc(C(=O)NCCCCN)cc1NC(=O)Nc1ccccc1.Cl. The van der Waals surface area contributed by atoms with Crippen LogP contribution < -0.4 is 21.7 Å². The molecule has 3 amide bonds. The van der Waals surface area contributed by atoms with E-state index in [0.29, 0.717) is 30.0 Å². The van der Waals surface area contributed by atoms with Gasteiger partial charge in [0.25, 0.3) is 5.91 Å². The molecule has 6 nitrogen and oxygen atoms in total. The van der Waals surface area contributed by atoms with Gasteiger partial charge in [0.15, 0.2) is 0 Å². The van der Waals surface area contributed by atoms with Gasteiger partial charge in [-0.15, -0.1) is 12.4 Å². The molecule has 0 aliphatic heterocycles. The van der Waals surface area contributed by atoms with Crippen LogP contribution >= 0.6 is 12.4 Å². The zero-order chi connectivity index (χ0) is 18.1. The molecule has 0 aliphatic carbocycles. The number of anilines is 2. The zero-order valence-corrected chi connectivity index (χ0v) is 15.6. The van der Waals surface area contributed by atoms with Crippen LogP contribution in [0.25, 0.3) is 0 Å². The Bertz CT molecular complexity index is 723. The first-order valence-electron chi connectivity index (χ1n) is 8.32.